The molecule has 38 heavy (non-hydrogen) atoms. The molecule has 0 saturated carbocycles. The Hall–Kier alpha value is -2.66. The lowest BCUT2D eigenvalue weighted by Gasteiger charge is -2.35. The van der Waals surface area contributed by atoms with E-state index in [9.17, 15) is 0 Å². The lowest BCUT2D eigenvalue weighted by atomic mass is 9.90. The molecule has 0 aromatic heterocycles. The standard InChI is InChI=1S/C34H47N3O/c1-27(2)37(28(3)4)24-21-35-25-31-17-11-12-18-34(31)38-32-19-22-36(23-20-32)26-33(29-13-7-5-8-14-29)30-15-9-6-10-16-30/h5-18,27-28,32-33,35H,19-26H2,1-4H3. The summed E-state index contributed by atoms with van der Waals surface area (Å²) in [7, 11) is 0. The SMILES string of the molecule is CC(C)N(CCNCc1ccccc1OC1CCN(CC(c2ccccc2)c2ccccc2)CC1)C(C)C. The van der Waals surface area contributed by atoms with Gasteiger partial charge in [0.2, 0.25) is 0 Å². The zero-order chi connectivity index (χ0) is 26.7. The summed E-state index contributed by atoms with van der Waals surface area (Å²) in [5.41, 5.74) is 4.04. The third-order valence-electron chi connectivity index (χ3n) is 7.83. The molecule has 1 aliphatic heterocycles. The Morgan fingerprint density at radius 3 is 1.92 bits per heavy atom. The molecule has 0 atom stereocenters. The first kappa shape index (κ1) is 28.4. The van der Waals surface area contributed by atoms with Gasteiger partial charge in [-0.25, -0.2) is 0 Å². The summed E-state index contributed by atoms with van der Waals surface area (Å²) in [5.74, 6) is 1.43. The number of ether oxygens (including phenoxy) is 1. The number of para-hydroxylation sites is 1. The topological polar surface area (TPSA) is 27.7 Å². The quantitative estimate of drug-likeness (QED) is 0.262. The number of nitrogens with zero attached hydrogens (tertiary/aromatic N) is 2. The molecule has 0 aliphatic carbocycles. The predicted molar refractivity (Wildman–Crippen MR) is 160 cm³/mol. The van der Waals surface area contributed by atoms with Gasteiger partial charge in [0.05, 0.1) is 0 Å². The normalized spacial score (nSPS) is 15.2. The maximum Gasteiger partial charge on any atom is 0.124 e. The van der Waals surface area contributed by atoms with E-state index in [4.69, 9.17) is 4.74 Å². The number of piperidine rings is 1. The largest absolute Gasteiger partial charge is 0.490 e. The van der Waals surface area contributed by atoms with Crippen LogP contribution in [0.3, 0.4) is 0 Å². The van der Waals surface area contributed by atoms with Gasteiger partial charge in [0.1, 0.15) is 11.9 Å². The van der Waals surface area contributed by atoms with Crippen molar-refractivity contribution in [3.63, 3.8) is 0 Å². The van der Waals surface area contributed by atoms with Crippen molar-refractivity contribution in [3.05, 3.63) is 102 Å². The fourth-order valence-electron chi connectivity index (χ4n) is 5.73. The van der Waals surface area contributed by atoms with Crippen LogP contribution in [0.25, 0.3) is 0 Å². The van der Waals surface area contributed by atoms with Crippen LogP contribution >= 0.6 is 0 Å². The molecule has 0 amide bonds. The Kier molecular flexibility index (Phi) is 10.8. The number of rotatable bonds is 13. The van der Waals surface area contributed by atoms with E-state index < -0.39 is 0 Å². The lowest BCUT2D eigenvalue weighted by molar-refractivity contribution is 0.0979. The van der Waals surface area contributed by atoms with Crippen molar-refractivity contribution < 1.29 is 4.74 Å². The summed E-state index contributed by atoms with van der Waals surface area (Å²) in [6.07, 6.45) is 2.41. The maximum absolute atomic E-state index is 6.59. The number of hydrogen-bond donors (Lipinski definition) is 1. The van der Waals surface area contributed by atoms with Crippen molar-refractivity contribution in [3.8, 4) is 5.75 Å². The van der Waals surface area contributed by atoms with Crippen molar-refractivity contribution in [2.24, 2.45) is 0 Å². The first-order valence-corrected chi connectivity index (χ1v) is 14.5. The van der Waals surface area contributed by atoms with Crippen LogP contribution < -0.4 is 10.1 Å². The van der Waals surface area contributed by atoms with Gasteiger partial charge in [-0.1, -0.05) is 78.9 Å². The van der Waals surface area contributed by atoms with E-state index in [2.05, 4.69) is 128 Å². The van der Waals surface area contributed by atoms with Crippen LogP contribution in [-0.4, -0.2) is 60.7 Å². The molecule has 1 heterocycles. The van der Waals surface area contributed by atoms with Crippen molar-refractivity contribution in [2.45, 2.75) is 71.2 Å². The van der Waals surface area contributed by atoms with Crippen LogP contribution in [0.15, 0.2) is 84.9 Å². The Morgan fingerprint density at radius 1 is 0.789 bits per heavy atom. The highest BCUT2D eigenvalue weighted by Gasteiger charge is 2.25. The minimum Gasteiger partial charge on any atom is -0.490 e. The highest BCUT2D eigenvalue weighted by Crippen LogP contribution is 2.28. The Labute approximate surface area is 231 Å². The summed E-state index contributed by atoms with van der Waals surface area (Å²) in [5, 5.41) is 3.65. The molecule has 1 fully saturated rings. The van der Waals surface area contributed by atoms with Gasteiger partial charge in [-0.2, -0.15) is 0 Å². The second-order valence-corrected chi connectivity index (χ2v) is 11.2. The maximum atomic E-state index is 6.59. The zero-order valence-corrected chi connectivity index (χ0v) is 23.9. The fourth-order valence-corrected chi connectivity index (χ4v) is 5.73. The van der Waals surface area contributed by atoms with Crippen LogP contribution in [0.5, 0.6) is 5.75 Å². The molecule has 0 bridgehead atoms. The highest BCUT2D eigenvalue weighted by atomic mass is 16.5. The molecule has 3 aromatic rings. The van der Waals surface area contributed by atoms with Gasteiger partial charge in [-0.15, -0.1) is 0 Å². The zero-order valence-electron chi connectivity index (χ0n) is 23.9. The van der Waals surface area contributed by atoms with Gasteiger partial charge in [0, 0.05) is 62.8 Å². The second-order valence-electron chi connectivity index (χ2n) is 11.2. The fraction of sp³-hybridized carbons (Fsp3) is 0.471. The van der Waals surface area contributed by atoms with Crippen LogP contribution in [0.4, 0.5) is 0 Å². The molecule has 1 N–H and O–H groups in total. The van der Waals surface area contributed by atoms with Gasteiger partial charge >= 0.3 is 0 Å². The lowest BCUT2D eigenvalue weighted by Crippen LogP contribution is -2.41. The Morgan fingerprint density at radius 2 is 1.34 bits per heavy atom. The molecule has 4 nitrogen and oxygen atoms in total. The summed E-state index contributed by atoms with van der Waals surface area (Å²) in [6, 6.07) is 31.6. The first-order valence-electron chi connectivity index (χ1n) is 14.5. The smallest absolute Gasteiger partial charge is 0.124 e. The molecule has 1 aliphatic rings. The summed E-state index contributed by atoms with van der Waals surface area (Å²) in [6.45, 7) is 15.2. The number of likely N-dealkylation sites (tertiary alicyclic amines) is 1. The summed E-state index contributed by atoms with van der Waals surface area (Å²) >= 11 is 0. The molecule has 0 radical (unpaired) electrons. The van der Waals surface area contributed by atoms with Crippen molar-refractivity contribution >= 4 is 0 Å². The second kappa shape index (κ2) is 14.5. The van der Waals surface area contributed by atoms with Gasteiger partial charge in [0.15, 0.2) is 0 Å². The van der Waals surface area contributed by atoms with Gasteiger partial charge in [-0.05, 0) is 57.7 Å². The van der Waals surface area contributed by atoms with E-state index in [1.54, 1.807) is 0 Å². The van der Waals surface area contributed by atoms with E-state index in [1.807, 2.05) is 0 Å². The number of nitrogens with one attached hydrogen (secondary N) is 1. The molecule has 4 rings (SSSR count). The molecular weight excluding hydrogens is 466 g/mol. The molecule has 1 saturated heterocycles. The third kappa shape index (κ3) is 8.17. The Balaban J connectivity index is 1.29. The number of benzene rings is 3. The van der Waals surface area contributed by atoms with E-state index in [1.165, 1.54) is 16.7 Å². The first-order chi connectivity index (χ1) is 18.5. The molecule has 3 aromatic carbocycles. The van der Waals surface area contributed by atoms with E-state index in [-0.39, 0.29) is 6.10 Å². The minimum absolute atomic E-state index is 0.275. The summed E-state index contributed by atoms with van der Waals surface area (Å²) < 4.78 is 6.59. The Bertz CT molecular complexity index is 1010. The highest BCUT2D eigenvalue weighted by molar-refractivity contribution is 5.34. The monoisotopic (exact) mass is 513 g/mol. The van der Waals surface area contributed by atoms with Gasteiger partial charge < -0.3 is 15.0 Å². The molecule has 4 heteroatoms. The molecule has 204 valence electrons. The van der Waals surface area contributed by atoms with Crippen molar-refractivity contribution in [1.82, 2.24) is 15.1 Å². The van der Waals surface area contributed by atoms with Gasteiger partial charge in [-0.3, -0.25) is 4.90 Å². The summed E-state index contributed by atoms with van der Waals surface area (Å²) in [4.78, 5) is 5.15. The predicted octanol–water partition coefficient (Wildman–Crippen LogP) is 6.57. The van der Waals surface area contributed by atoms with Gasteiger partial charge in [0.25, 0.3) is 0 Å². The molecular formula is C34H47N3O. The van der Waals surface area contributed by atoms with Crippen molar-refractivity contribution in [1.29, 1.82) is 0 Å². The van der Waals surface area contributed by atoms with Crippen LogP contribution in [-0.2, 0) is 6.54 Å². The van der Waals surface area contributed by atoms with Crippen LogP contribution in [0, 0.1) is 0 Å². The van der Waals surface area contributed by atoms with Crippen LogP contribution in [0.2, 0.25) is 0 Å². The minimum atomic E-state index is 0.275. The number of hydrogen-bond acceptors (Lipinski definition) is 4. The van der Waals surface area contributed by atoms with Crippen LogP contribution in [0.1, 0.15) is 63.1 Å². The van der Waals surface area contributed by atoms with Crippen molar-refractivity contribution in [2.75, 3.05) is 32.7 Å². The third-order valence-corrected chi connectivity index (χ3v) is 7.83. The van der Waals surface area contributed by atoms with E-state index in [0.717, 1.165) is 57.9 Å². The average Bonchev–Trinajstić information content (AvgIpc) is 2.94. The van der Waals surface area contributed by atoms with E-state index in [0.29, 0.717) is 18.0 Å². The molecule has 0 spiro atoms. The molecule has 0 unspecified atom stereocenters. The van der Waals surface area contributed by atoms with E-state index >= 15 is 0 Å². The average molecular weight is 514 g/mol.